The Morgan fingerprint density at radius 3 is 2.34 bits per heavy atom. The molecule has 186 valence electrons. The van der Waals surface area contributed by atoms with Crippen molar-refractivity contribution in [2.75, 3.05) is 23.3 Å². The van der Waals surface area contributed by atoms with Crippen LogP contribution in [0.2, 0.25) is 0 Å². The minimum Gasteiger partial charge on any atom is -0.326 e. The van der Waals surface area contributed by atoms with E-state index in [9.17, 15) is 18.0 Å². The molecule has 3 aliphatic rings. The van der Waals surface area contributed by atoms with Gasteiger partial charge in [0.15, 0.2) is 0 Å². The Morgan fingerprint density at radius 2 is 1.69 bits per heavy atom. The smallest absolute Gasteiger partial charge is 0.243 e. The molecule has 1 saturated heterocycles. The number of amides is 2. The first kappa shape index (κ1) is 24.0. The molecule has 5 rings (SSSR count). The molecule has 2 heterocycles. The molecule has 0 aromatic heterocycles. The number of carbonyl (C=O) groups is 2. The quantitative estimate of drug-likeness (QED) is 0.676. The van der Waals surface area contributed by atoms with Crippen molar-refractivity contribution < 1.29 is 18.0 Å². The van der Waals surface area contributed by atoms with E-state index < -0.39 is 10.0 Å². The number of hydrogen-bond acceptors (Lipinski definition) is 4. The second-order valence-corrected chi connectivity index (χ2v) is 12.1. The van der Waals surface area contributed by atoms with E-state index in [-0.39, 0.29) is 34.6 Å². The van der Waals surface area contributed by atoms with Gasteiger partial charge in [0.05, 0.1) is 4.90 Å². The number of rotatable bonds is 5. The molecule has 2 amide bonds. The van der Waals surface area contributed by atoms with E-state index in [0.717, 1.165) is 41.8 Å². The summed E-state index contributed by atoms with van der Waals surface area (Å²) in [6.45, 7) is 4.60. The Balaban J connectivity index is 1.25. The van der Waals surface area contributed by atoms with Gasteiger partial charge in [0, 0.05) is 42.3 Å². The number of anilines is 2. The van der Waals surface area contributed by atoms with Gasteiger partial charge < -0.3 is 10.2 Å². The Morgan fingerprint density at radius 1 is 0.971 bits per heavy atom. The van der Waals surface area contributed by atoms with Crippen LogP contribution >= 0.6 is 0 Å². The van der Waals surface area contributed by atoms with E-state index in [1.807, 2.05) is 43.0 Å². The van der Waals surface area contributed by atoms with Crippen molar-refractivity contribution in [3.05, 3.63) is 53.6 Å². The van der Waals surface area contributed by atoms with Crippen molar-refractivity contribution in [2.24, 2.45) is 11.8 Å². The second-order valence-electron chi connectivity index (χ2n) is 10.2. The van der Waals surface area contributed by atoms with E-state index in [2.05, 4.69) is 5.32 Å². The maximum absolute atomic E-state index is 13.4. The molecule has 0 bridgehead atoms. The number of aryl methyl sites for hydroxylation is 1. The number of nitrogens with zero attached hydrogens (tertiary/aromatic N) is 2. The average molecular weight is 496 g/mol. The molecule has 2 aromatic rings. The molecule has 1 aliphatic carbocycles. The summed E-state index contributed by atoms with van der Waals surface area (Å²) in [4.78, 5) is 27.8. The van der Waals surface area contributed by atoms with Crippen LogP contribution in [-0.4, -0.2) is 43.7 Å². The highest BCUT2D eigenvalue weighted by molar-refractivity contribution is 7.89. The number of piperidine rings is 1. The monoisotopic (exact) mass is 495 g/mol. The molecule has 0 unspecified atom stereocenters. The van der Waals surface area contributed by atoms with Crippen LogP contribution in [0, 0.1) is 18.8 Å². The van der Waals surface area contributed by atoms with Crippen LogP contribution in [-0.2, 0) is 26.0 Å². The molecular formula is C27H33N3O4S. The number of fused-ring (bicyclic) bond motifs is 1. The van der Waals surface area contributed by atoms with Gasteiger partial charge in [-0.2, -0.15) is 4.31 Å². The van der Waals surface area contributed by atoms with Crippen molar-refractivity contribution >= 4 is 33.2 Å². The zero-order valence-electron chi connectivity index (χ0n) is 20.4. The Hall–Kier alpha value is -2.71. The van der Waals surface area contributed by atoms with Gasteiger partial charge in [0.2, 0.25) is 21.8 Å². The third kappa shape index (κ3) is 4.49. The lowest BCUT2D eigenvalue weighted by Crippen LogP contribution is -2.42. The van der Waals surface area contributed by atoms with E-state index in [0.29, 0.717) is 32.4 Å². The second kappa shape index (κ2) is 9.39. The molecule has 2 fully saturated rings. The third-order valence-corrected chi connectivity index (χ3v) is 9.72. The first-order chi connectivity index (χ1) is 16.8. The number of benzene rings is 2. The van der Waals surface area contributed by atoms with Gasteiger partial charge in [0.1, 0.15) is 0 Å². The first-order valence-electron chi connectivity index (χ1n) is 12.6. The van der Waals surface area contributed by atoms with Crippen LogP contribution in [0.25, 0.3) is 0 Å². The highest BCUT2D eigenvalue weighted by Crippen LogP contribution is 2.39. The fraction of sp³-hybridized carbons (Fsp3) is 0.481. The van der Waals surface area contributed by atoms with E-state index in [1.165, 1.54) is 4.31 Å². The van der Waals surface area contributed by atoms with Crippen LogP contribution in [0.15, 0.2) is 47.4 Å². The van der Waals surface area contributed by atoms with Gasteiger partial charge in [-0.05, 0) is 81.3 Å². The fourth-order valence-electron chi connectivity index (χ4n) is 5.41. The van der Waals surface area contributed by atoms with Gasteiger partial charge >= 0.3 is 0 Å². The predicted molar refractivity (Wildman–Crippen MR) is 136 cm³/mol. The number of sulfonamides is 1. The first-order valence-corrected chi connectivity index (χ1v) is 14.0. The van der Waals surface area contributed by atoms with Gasteiger partial charge in [-0.25, -0.2) is 8.42 Å². The topological polar surface area (TPSA) is 86.8 Å². The SMILES string of the molecule is Cc1ccccc1NC(=O)C1CCN(S(=O)(=O)c2ccc3c(c2)C[C@H](C)N3C(=O)C2CCC2)CC1. The van der Waals surface area contributed by atoms with Crippen LogP contribution in [0.1, 0.15) is 50.2 Å². The minimum absolute atomic E-state index is 0.0403. The molecule has 1 saturated carbocycles. The summed E-state index contributed by atoms with van der Waals surface area (Å²) in [5.41, 5.74) is 3.56. The average Bonchev–Trinajstić information content (AvgIpc) is 3.14. The summed E-state index contributed by atoms with van der Waals surface area (Å²) < 4.78 is 28.3. The summed E-state index contributed by atoms with van der Waals surface area (Å²) >= 11 is 0. The zero-order valence-corrected chi connectivity index (χ0v) is 21.2. The summed E-state index contributed by atoms with van der Waals surface area (Å²) in [5, 5.41) is 2.99. The highest BCUT2D eigenvalue weighted by atomic mass is 32.2. The summed E-state index contributed by atoms with van der Waals surface area (Å²) in [7, 11) is -3.67. The summed E-state index contributed by atoms with van der Waals surface area (Å²) in [6, 6.07) is 12.8. The van der Waals surface area contributed by atoms with E-state index in [4.69, 9.17) is 0 Å². The predicted octanol–water partition coefficient (Wildman–Crippen LogP) is 4.11. The number of para-hydroxylation sites is 1. The lowest BCUT2D eigenvalue weighted by Gasteiger charge is -2.32. The minimum atomic E-state index is -3.67. The number of carbonyl (C=O) groups excluding carboxylic acids is 2. The largest absolute Gasteiger partial charge is 0.326 e. The van der Waals surface area contributed by atoms with Gasteiger partial charge in [0.25, 0.3) is 0 Å². The molecule has 7 nitrogen and oxygen atoms in total. The molecular weight excluding hydrogens is 462 g/mol. The van der Waals surface area contributed by atoms with Gasteiger partial charge in [-0.1, -0.05) is 24.6 Å². The molecule has 8 heteroatoms. The number of hydrogen-bond donors (Lipinski definition) is 1. The molecule has 1 N–H and O–H groups in total. The molecule has 1 atom stereocenters. The van der Waals surface area contributed by atoms with Gasteiger partial charge in [-0.15, -0.1) is 0 Å². The zero-order chi connectivity index (χ0) is 24.7. The molecule has 35 heavy (non-hydrogen) atoms. The van der Waals surface area contributed by atoms with Crippen molar-refractivity contribution in [1.82, 2.24) is 4.31 Å². The maximum Gasteiger partial charge on any atom is 0.243 e. The summed E-state index contributed by atoms with van der Waals surface area (Å²) in [6.07, 6.45) is 4.64. The van der Waals surface area contributed by atoms with Crippen molar-refractivity contribution in [3.8, 4) is 0 Å². The van der Waals surface area contributed by atoms with Crippen molar-refractivity contribution in [3.63, 3.8) is 0 Å². The Kier molecular flexibility index (Phi) is 6.44. The van der Waals surface area contributed by atoms with E-state index in [1.54, 1.807) is 18.2 Å². The third-order valence-electron chi connectivity index (χ3n) is 7.82. The Labute approximate surface area is 207 Å². The van der Waals surface area contributed by atoms with Crippen LogP contribution in [0.4, 0.5) is 11.4 Å². The fourth-order valence-corrected chi connectivity index (χ4v) is 6.93. The standard InChI is InChI=1S/C27H33N3O4S/c1-18-6-3-4-9-24(18)28-26(31)20-12-14-29(15-13-20)35(33,34)23-10-11-25-22(17-23)16-19(2)30(25)27(32)21-7-5-8-21/h3-4,6,9-11,17,19-21H,5,7-8,12-16H2,1-2H3,(H,28,31)/t19-/m0/s1. The molecule has 0 radical (unpaired) electrons. The van der Waals surface area contributed by atoms with Gasteiger partial charge in [-0.3, -0.25) is 9.59 Å². The van der Waals surface area contributed by atoms with Crippen molar-refractivity contribution in [2.45, 2.75) is 63.3 Å². The molecule has 0 spiro atoms. The van der Waals surface area contributed by atoms with Crippen LogP contribution < -0.4 is 10.2 Å². The van der Waals surface area contributed by atoms with Crippen LogP contribution in [0.3, 0.4) is 0 Å². The van der Waals surface area contributed by atoms with Crippen LogP contribution in [0.5, 0.6) is 0 Å². The maximum atomic E-state index is 13.4. The number of nitrogens with one attached hydrogen (secondary N) is 1. The molecule has 2 aliphatic heterocycles. The normalized spacial score (nSPS) is 21.4. The lowest BCUT2D eigenvalue weighted by atomic mass is 9.84. The summed E-state index contributed by atoms with van der Waals surface area (Å²) in [5.74, 6) is 0.00681. The lowest BCUT2D eigenvalue weighted by molar-refractivity contribution is -0.125. The molecule has 2 aromatic carbocycles. The Bertz CT molecular complexity index is 1250. The van der Waals surface area contributed by atoms with Crippen molar-refractivity contribution in [1.29, 1.82) is 0 Å². The van der Waals surface area contributed by atoms with E-state index >= 15 is 0 Å². The highest BCUT2D eigenvalue weighted by Gasteiger charge is 2.38.